The first-order valence-electron chi connectivity index (χ1n) is 16.3. The van der Waals surface area contributed by atoms with Gasteiger partial charge in [0.1, 0.15) is 11.6 Å². The molecule has 5 aromatic rings. The molecule has 3 heterocycles. The van der Waals surface area contributed by atoms with E-state index in [1.807, 2.05) is 30.3 Å². The van der Waals surface area contributed by atoms with E-state index in [0.29, 0.717) is 41.9 Å². The summed E-state index contributed by atoms with van der Waals surface area (Å²) in [6.07, 6.45) is 5.19. The number of carboxylic acid groups (broad SMARTS) is 1. The molecule has 6 rings (SSSR count). The molecule has 3 aromatic carbocycles. The van der Waals surface area contributed by atoms with Crippen molar-refractivity contribution in [3.05, 3.63) is 106 Å². The third kappa shape index (κ3) is 6.67. The molecule has 48 heavy (non-hydrogen) atoms. The number of benzene rings is 3. The summed E-state index contributed by atoms with van der Waals surface area (Å²) in [7, 11) is 1.70. The van der Waals surface area contributed by atoms with Gasteiger partial charge in [-0.3, -0.25) is 9.59 Å². The number of hydrogen-bond donors (Lipinski definition) is 2. The number of aliphatic carboxylic acids is 1. The van der Waals surface area contributed by atoms with Gasteiger partial charge in [0.05, 0.1) is 16.5 Å². The standard InChI is InChI=1S/C38H40F2N4O3S/c1-37(2)15-6-16-38(3,25-8-5-7-23(19-25)9-12-32(45)46)36-42-35(44(4)43-36)28-20-24(10-11-29(28)39)34(47)33-27(14-18-48-22-37)26-13-17-41-31(26)21-30(33)40/h5,7-8,10-11,13,17,19-21,41H,6,9,12,14-16,18,22H2,1-4H3,(H,45,46). The highest BCUT2D eigenvalue weighted by atomic mass is 32.2. The van der Waals surface area contributed by atoms with Crippen LogP contribution in [0.4, 0.5) is 8.78 Å². The lowest BCUT2D eigenvalue weighted by atomic mass is 9.75. The fraction of sp³-hybridized carbons (Fsp3) is 0.368. The highest BCUT2D eigenvalue weighted by Crippen LogP contribution is 2.40. The third-order valence-corrected chi connectivity index (χ3v) is 11.1. The summed E-state index contributed by atoms with van der Waals surface area (Å²) in [5.74, 6) is -0.193. The maximum Gasteiger partial charge on any atom is 0.303 e. The zero-order chi connectivity index (χ0) is 34.2. The van der Waals surface area contributed by atoms with Gasteiger partial charge >= 0.3 is 5.97 Å². The predicted octanol–water partition coefficient (Wildman–Crippen LogP) is 8.28. The molecule has 1 atom stereocenters. The van der Waals surface area contributed by atoms with Crippen molar-refractivity contribution in [3.63, 3.8) is 0 Å². The molecule has 0 spiro atoms. The molecule has 2 N–H and O–H groups in total. The van der Waals surface area contributed by atoms with E-state index >= 15 is 8.78 Å². The van der Waals surface area contributed by atoms with E-state index in [1.165, 1.54) is 28.9 Å². The first-order valence-corrected chi connectivity index (χ1v) is 17.5. The average molecular weight is 671 g/mol. The summed E-state index contributed by atoms with van der Waals surface area (Å²) < 4.78 is 32.9. The fourth-order valence-corrected chi connectivity index (χ4v) is 7.99. The molecule has 10 heteroatoms. The van der Waals surface area contributed by atoms with Crippen molar-refractivity contribution in [2.45, 2.75) is 64.7 Å². The summed E-state index contributed by atoms with van der Waals surface area (Å²) in [5, 5.41) is 14.9. The zero-order valence-corrected chi connectivity index (χ0v) is 28.5. The SMILES string of the molecule is Cn1nc2nc1-c1cc(ccc1F)C(=O)c1c(F)cc3[nH]ccc3c1CCSCC(C)(C)CCCC2(C)c1cccc(CCC(=O)O)c1. The molecule has 1 aliphatic heterocycles. The van der Waals surface area contributed by atoms with Crippen LogP contribution < -0.4 is 0 Å². The monoisotopic (exact) mass is 670 g/mol. The summed E-state index contributed by atoms with van der Waals surface area (Å²) in [6.45, 7) is 6.58. The molecule has 0 radical (unpaired) electrons. The number of nitrogens with zero attached hydrogens (tertiary/aromatic N) is 3. The van der Waals surface area contributed by atoms with Gasteiger partial charge in [0, 0.05) is 36.1 Å². The van der Waals surface area contributed by atoms with Crippen LogP contribution in [-0.4, -0.2) is 48.1 Å². The van der Waals surface area contributed by atoms with Crippen LogP contribution in [0.3, 0.4) is 0 Å². The summed E-state index contributed by atoms with van der Waals surface area (Å²) in [5.41, 5.74) is 2.74. The molecule has 4 bridgehead atoms. The number of H-pyrrole nitrogens is 1. The van der Waals surface area contributed by atoms with Gasteiger partial charge in [0.2, 0.25) is 0 Å². The van der Waals surface area contributed by atoms with Crippen molar-refractivity contribution in [1.82, 2.24) is 19.7 Å². The highest BCUT2D eigenvalue weighted by Gasteiger charge is 2.35. The van der Waals surface area contributed by atoms with Crippen molar-refractivity contribution in [3.8, 4) is 11.4 Å². The highest BCUT2D eigenvalue weighted by molar-refractivity contribution is 7.99. The lowest BCUT2D eigenvalue weighted by Crippen LogP contribution is -2.27. The van der Waals surface area contributed by atoms with Gasteiger partial charge < -0.3 is 10.1 Å². The van der Waals surface area contributed by atoms with Crippen molar-refractivity contribution in [2.75, 3.05) is 11.5 Å². The number of halogens is 2. The number of rotatable bonds is 4. The van der Waals surface area contributed by atoms with E-state index in [1.54, 1.807) is 25.0 Å². The largest absolute Gasteiger partial charge is 0.481 e. The second-order valence-corrected chi connectivity index (χ2v) is 14.9. The Morgan fingerprint density at radius 1 is 1.06 bits per heavy atom. The smallest absolute Gasteiger partial charge is 0.303 e. The lowest BCUT2D eigenvalue weighted by Gasteiger charge is -2.30. The number of ketones is 1. The Morgan fingerprint density at radius 2 is 1.88 bits per heavy atom. The molecular weight excluding hydrogens is 631 g/mol. The van der Waals surface area contributed by atoms with E-state index in [0.717, 1.165) is 35.1 Å². The Bertz CT molecular complexity index is 2020. The van der Waals surface area contributed by atoms with E-state index in [4.69, 9.17) is 10.1 Å². The van der Waals surface area contributed by atoms with Crippen LogP contribution in [0.2, 0.25) is 0 Å². The number of thioether (sulfide) groups is 1. The minimum atomic E-state index is -0.856. The fourth-order valence-electron chi connectivity index (χ4n) is 6.80. The Kier molecular flexibility index (Phi) is 9.31. The lowest BCUT2D eigenvalue weighted by molar-refractivity contribution is -0.136. The van der Waals surface area contributed by atoms with Gasteiger partial charge in [0.15, 0.2) is 17.4 Å². The maximum atomic E-state index is 15.8. The van der Waals surface area contributed by atoms with E-state index in [2.05, 4.69) is 25.8 Å². The summed E-state index contributed by atoms with van der Waals surface area (Å²) >= 11 is 1.79. The van der Waals surface area contributed by atoms with Crippen molar-refractivity contribution in [1.29, 1.82) is 0 Å². The van der Waals surface area contributed by atoms with Crippen LogP contribution in [0.1, 0.15) is 84.9 Å². The molecule has 2 aromatic heterocycles. The van der Waals surface area contributed by atoms with Crippen molar-refractivity contribution in [2.24, 2.45) is 12.5 Å². The van der Waals surface area contributed by atoms with Crippen molar-refractivity contribution < 1.29 is 23.5 Å². The van der Waals surface area contributed by atoms with Crippen LogP contribution in [0.15, 0.2) is 60.8 Å². The molecule has 0 saturated heterocycles. The predicted molar refractivity (Wildman–Crippen MR) is 186 cm³/mol. The summed E-state index contributed by atoms with van der Waals surface area (Å²) in [4.78, 5) is 33.4. The molecule has 0 amide bonds. The summed E-state index contributed by atoms with van der Waals surface area (Å²) in [6, 6.07) is 15.2. The zero-order valence-electron chi connectivity index (χ0n) is 27.7. The number of aromatic nitrogens is 4. The van der Waals surface area contributed by atoms with Gasteiger partial charge in [0.25, 0.3) is 0 Å². The van der Waals surface area contributed by atoms with Gasteiger partial charge in [-0.15, -0.1) is 0 Å². The minimum absolute atomic E-state index is 0.00633. The van der Waals surface area contributed by atoms with Crippen molar-refractivity contribution >= 4 is 34.4 Å². The second-order valence-electron chi connectivity index (χ2n) is 13.8. The maximum absolute atomic E-state index is 15.8. The van der Waals surface area contributed by atoms with Crippen LogP contribution in [0.25, 0.3) is 22.3 Å². The first-order chi connectivity index (χ1) is 22.9. The molecule has 7 nitrogen and oxygen atoms in total. The van der Waals surface area contributed by atoms with Gasteiger partial charge in [-0.05, 0) is 96.5 Å². The number of nitrogens with one attached hydrogen (secondary N) is 1. The molecule has 1 aliphatic rings. The molecule has 0 aliphatic carbocycles. The number of carbonyl (C=O) groups is 2. The Labute approximate surface area is 283 Å². The topological polar surface area (TPSA) is 101 Å². The number of aryl methyl sites for hydroxylation is 3. The normalized spacial score (nSPS) is 18.7. The van der Waals surface area contributed by atoms with Crippen LogP contribution in [-0.2, 0) is 30.1 Å². The molecular formula is C38H40F2N4O3S. The Morgan fingerprint density at radius 3 is 2.67 bits per heavy atom. The second kappa shape index (κ2) is 13.3. The molecule has 0 saturated carbocycles. The number of hydrogen-bond acceptors (Lipinski definition) is 5. The number of fused-ring (bicyclic) bond motifs is 8. The third-order valence-electron chi connectivity index (χ3n) is 9.58. The average Bonchev–Trinajstić information content (AvgIpc) is 3.68. The molecule has 250 valence electrons. The Balaban J connectivity index is 1.49. The van der Waals surface area contributed by atoms with Gasteiger partial charge in [-0.25, -0.2) is 18.4 Å². The quantitative estimate of drug-likeness (QED) is 0.200. The van der Waals surface area contributed by atoms with Crippen LogP contribution in [0.5, 0.6) is 0 Å². The number of carboxylic acids is 1. The minimum Gasteiger partial charge on any atom is -0.481 e. The first kappa shape index (κ1) is 33.6. The van der Waals surface area contributed by atoms with Crippen LogP contribution in [0, 0.1) is 17.0 Å². The van der Waals surface area contributed by atoms with E-state index < -0.39 is 28.8 Å². The number of carbonyl (C=O) groups excluding carboxylic acids is 1. The molecule has 1 unspecified atom stereocenters. The van der Waals surface area contributed by atoms with E-state index in [9.17, 15) is 14.7 Å². The van der Waals surface area contributed by atoms with E-state index in [-0.39, 0.29) is 34.4 Å². The number of aromatic amines is 1. The van der Waals surface area contributed by atoms with Gasteiger partial charge in [-0.2, -0.15) is 16.9 Å². The van der Waals surface area contributed by atoms with Gasteiger partial charge in [-0.1, -0.05) is 44.5 Å². The molecule has 0 fully saturated rings. The van der Waals surface area contributed by atoms with Crippen LogP contribution >= 0.6 is 11.8 Å². The Hall–Kier alpha value is -4.31.